The molecular formula is C22H26N2O2. The molecule has 2 aromatic rings. The van der Waals surface area contributed by atoms with Gasteiger partial charge in [-0.15, -0.1) is 0 Å². The number of aryl methyl sites for hydroxylation is 1. The van der Waals surface area contributed by atoms with Gasteiger partial charge in [-0.05, 0) is 29.0 Å². The quantitative estimate of drug-likeness (QED) is 0.898. The lowest BCUT2D eigenvalue weighted by atomic mass is 9.96. The van der Waals surface area contributed by atoms with Crippen LogP contribution in [0.5, 0.6) is 0 Å². The summed E-state index contributed by atoms with van der Waals surface area (Å²) >= 11 is 0. The lowest BCUT2D eigenvalue weighted by Crippen LogP contribution is -2.52. The van der Waals surface area contributed by atoms with Gasteiger partial charge in [0.15, 0.2) is 0 Å². The van der Waals surface area contributed by atoms with Gasteiger partial charge in [0.05, 0.1) is 0 Å². The van der Waals surface area contributed by atoms with Crippen molar-refractivity contribution in [2.24, 2.45) is 0 Å². The van der Waals surface area contributed by atoms with Crippen LogP contribution in [0.25, 0.3) is 0 Å². The Hall–Kier alpha value is -2.62. The van der Waals surface area contributed by atoms with E-state index in [9.17, 15) is 9.59 Å². The van der Waals surface area contributed by atoms with Crippen molar-refractivity contribution in [1.29, 1.82) is 0 Å². The van der Waals surface area contributed by atoms with Crippen LogP contribution in [-0.2, 0) is 16.0 Å². The largest absolute Gasteiger partial charge is 0.352 e. The second kappa shape index (κ2) is 8.17. The van der Waals surface area contributed by atoms with E-state index in [1.165, 1.54) is 5.56 Å². The van der Waals surface area contributed by atoms with Gasteiger partial charge in [0.2, 0.25) is 11.8 Å². The minimum absolute atomic E-state index is 0.0293. The van der Waals surface area contributed by atoms with Gasteiger partial charge in [0, 0.05) is 19.5 Å². The first-order valence-corrected chi connectivity index (χ1v) is 9.27. The van der Waals surface area contributed by atoms with Gasteiger partial charge in [-0.1, -0.05) is 68.4 Å². The van der Waals surface area contributed by atoms with Crippen molar-refractivity contribution in [2.45, 2.75) is 38.6 Å². The molecule has 0 spiro atoms. The highest BCUT2D eigenvalue weighted by atomic mass is 16.2. The average Bonchev–Trinajstić information content (AvgIpc) is 2.67. The van der Waals surface area contributed by atoms with E-state index in [1.54, 1.807) is 4.90 Å². The lowest BCUT2D eigenvalue weighted by molar-refractivity contribution is -0.143. The van der Waals surface area contributed by atoms with Crippen molar-refractivity contribution in [3.05, 3.63) is 71.3 Å². The van der Waals surface area contributed by atoms with Crippen LogP contribution >= 0.6 is 0 Å². The van der Waals surface area contributed by atoms with E-state index in [0.717, 1.165) is 11.1 Å². The maximum atomic E-state index is 12.8. The van der Waals surface area contributed by atoms with Crippen LogP contribution in [0, 0.1) is 0 Å². The molecule has 0 bridgehead atoms. The third-order valence-electron chi connectivity index (χ3n) is 4.92. The fourth-order valence-corrected chi connectivity index (χ4v) is 3.37. The molecule has 2 amide bonds. The summed E-state index contributed by atoms with van der Waals surface area (Å²) in [4.78, 5) is 27.0. The molecule has 1 atom stereocenters. The molecule has 4 nitrogen and oxygen atoms in total. The number of amides is 2. The highest BCUT2D eigenvalue weighted by Gasteiger charge is 2.33. The summed E-state index contributed by atoms with van der Waals surface area (Å²) in [7, 11) is 0. The van der Waals surface area contributed by atoms with Gasteiger partial charge in [-0.2, -0.15) is 0 Å². The second-order valence-corrected chi connectivity index (χ2v) is 7.09. The number of hydrogen-bond donors (Lipinski definition) is 1. The number of hydrogen-bond acceptors (Lipinski definition) is 2. The molecule has 1 saturated heterocycles. The predicted octanol–water partition coefficient (Wildman–Crippen LogP) is 3.44. The second-order valence-electron chi connectivity index (χ2n) is 7.09. The zero-order chi connectivity index (χ0) is 18.5. The van der Waals surface area contributed by atoms with Crippen molar-refractivity contribution in [3.63, 3.8) is 0 Å². The standard InChI is InChI=1S/C22H26N2O2/c1-16(2)18-9-11-19(12-10-18)21-22(26)23-14-15-24(21)20(25)13-8-17-6-4-3-5-7-17/h3-7,9-12,16,21H,8,13-15H2,1-2H3,(H,23,26). The number of carbonyl (C=O) groups excluding carboxylic acids is 2. The van der Waals surface area contributed by atoms with Crippen LogP contribution in [-0.4, -0.2) is 29.8 Å². The number of piperazine rings is 1. The van der Waals surface area contributed by atoms with Crippen LogP contribution in [0.4, 0.5) is 0 Å². The minimum Gasteiger partial charge on any atom is -0.352 e. The SMILES string of the molecule is CC(C)c1ccc(C2C(=O)NCCN2C(=O)CCc2ccccc2)cc1. The maximum Gasteiger partial charge on any atom is 0.247 e. The summed E-state index contributed by atoms with van der Waals surface area (Å²) in [5.41, 5.74) is 3.24. The highest BCUT2D eigenvalue weighted by Crippen LogP contribution is 2.26. The molecule has 1 unspecified atom stereocenters. The van der Waals surface area contributed by atoms with Gasteiger partial charge in [-0.3, -0.25) is 9.59 Å². The smallest absolute Gasteiger partial charge is 0.247 e. The molecule has 1 fully saturated rings. The molecule has 4 heteroatoms. The summed E-state index contributed by atoms with van der Waals surface area (Å²) in [6.07, 6.45) is 1.11. The van der Waals surface area contributed by atoms with Crippen molar-refractivity contribution in [3.8, 4) is 0 Å². The molecule has 0 aromatic heterocycles. The van der Waals surface area contributed by atoms with Gasteiger partial charge in [0.1, 0.15) is 6.04 Å². The van der Waals surface area contributed by atoms with E-state index in [0.29, 0.717) is 31.8 Å². The molecular weight excluding hydrogens is 324 g/mol. The predicted molar refractivity (Wildman–Crippen MR) is 103 cm³/mol. The zero-order valence-electron chi connectivity index (χ0n) is 15.4. The first-order valence-electron chi connectivity index (χ1n) is 9.27. The Morgan fingerprint density at radius 3 is 2.46 bits per heavy atom. The zero-order valence-corrected chi connectivity index (χ0v) is 15.4. The van der Waals surface area contributed by atoms with Crippen molar-refractivity contribution < 1.29 is 9.59 Å². The Morgan fingerprint density at radius 1 is 1.12 bits per heavy atom. The van der Waals surface area contributed by atoms with Crippen LogP contribution in [0.2, 0.25) is 0 Å². The van der Waals surface area contributed by atoms with E-state index >= 15 is 0 Å². The van der Waals surface area contributed by atoms with Gasteiger partial charge >= 0.3 is 0 Å². The molecule has 0 radical (unpaired) electrons. The highest BCUT2D eigenvalue weighted by molar-refractivity contribution is 5.89. The van der Waals surface area contributed by atoms with Gasteiger partial charge in [0.25, 0.3) is 0 Å². The molecule has 1 heterocycles. The van der Waals surface area contributed by atoms with Gasteiger partial charge in [-0.25, -0.2) is 0 Å². The Balaban J connectivity index is 1.75. The monoisotopic (exact) mass is 350 g/mol. The minimum atomic E-state index is -0.534. The summed E-state index contributed by atoms with van der Waals surface area (Å²) < 4.78 is 0. The van der Waals surface area contributed by atoms with E-state index < -0.39 is 6.04 Å². The number of carbonyl (C=O) groups is 2. The maximum absolute atomic E-state index is 12.8. The van der Waals surface area contributed by atoms with Crippen LogP contribution in [0.15, 0.2) is 54.6 Å². The van der Waals surface area contributed by atoms with E-state index in [2.05, 4.69) is 31.3 Å². The van der Waals surface area contributed by atoms with Crippen molar-refractivity contribution in [2.75, 3.05) is 13.1 Å². The fraction of sp³-hybridized carbons (Fsp3) is 0.364. The van der Waals surface area contributed by atoms with Crippen molar-refractivity contribution in [1.82, 2.24) is 10.2 Å². The van der Waals surface area contributed by atoms with Crippen molar-refractivity contribution >= 4 is 11.8 Å². The summed E-state index contributed by atoms with van der Waals surface area (Å²) in [5.74, 6) is 0.371. The van der Waals surface area contributed by atoms with E-state index in [4.69, 9.17) is 0 Å². The molecule has 1 N–H and O–H groups in total. The summed E-state index contributed by atoms with van der Waals surface area (Å²) in [5, 5.41) is 2.89. The summed E-state index contributed by atoms with van der Waals surface area (Å²) in [6, 6.07) is 17.5. The number of rotatable bonds is 5. The number of nitrogens with zero attached hydrogens (tertiary/aromatic N) is 1. The lowest BCUT2D eigenvalue weighted by Gasteiger charge is -2.35. The third kappa shape index (κ3) is 4.13. The molecule has 2 aromatic carbocycles. The molecule has 0 saturated carbocycles. The third-order valence-corrected chi connectivity index (χ3v) is 4.92. The van der Waals surface area contributed by atoms with E-state index in [-0.39, 0.29) is 11.8 Å². The fourth-order valence-electron chi connectivity index (χ4n) is 3.37. The van der Waals surface area contributed by atoms with Gasteiger partial charge < -0.3 is 10.2 Å². The first-order chi connectivity index (χ1) is 12.6. The first kappa shape index (κ1) is 18.2. The normalized spacial score (nSPS) is 17.3. The Labute approximate surface area is 155 Å². The molecule has 1 aliphatic rings. The Morgan fingerprint density at radius 2 is 1.81 bits per heavy atom. The van der Waals surface area contributed by atoms with Crippen LogP contribution < -0.4 is 5.32 Å². The molecule has 136 valence electrons. The Kier molecular flexibility index (Phi) is 5.71. The topological polar surface area (TPSA) is 49.4 Å². The summed E-state index contributed by atoms with van der Waals surface area (Å²) in [6.45, 7) is 5.34. The van der Waals surface area contributed by atoms with Crippen LogP contribution in [0.1, 0.15) is 48.9 Å². The van der Waals surface area contributed by atoms with Crippen LogP contribution in [0.3, 0.4) is 0 Å². The Bertz CT molecular complexity index is 753. The number of nitrogens with one attached hydrogen (secondary N) is 1. The number of benzene rings is 2. The van der Waals surface area contributed by atoms with E-state index in [1.807, 2.05) is 42.5 Å². The molecule has 0 aliphatic carbocycles. The molecule has 3 rings (SSSR count). The molecule has 1 aliphatic heterocycles. The molecule has 26 heavy (non-hydrogen) atoms. The average molecular weight is 350 g/mol.